The van der Waals surface area contributed by atoms with Gasteiger partial charge in [-0.15, -0.1) is 0 Å². The quantitative estimate of drug-likeness (QED) is 0.728. The molecule has 1 aromatic rings. The number of carbonyl (C=O) groups is 1. The molecule has 0 aromatic heterocycles. The third-order valence-electron chi connectivity index (χ3n) is 4.76. The Morgan fingerprint density at radius 1 is 1.09 bits per heavy atom. The Kier molecular flexibility index (Phi) is 5.01. The zero-order valence-corrected chi connectivity index (χ0v) is 13.4. The van der Waals surface area contributed by atoms with Gasteiger partial charge in [0.05, 0.1) is 6.61 Å². The van der Waals surface area contributed by atoms with Crippen molar-refractivity contribution in [2.24, 2.45) is 5.92 Å². The second-order valence-corrected chi connectivity index (χ2v) is 6.60. The third-order valence-corrected chi connectivity index (χ3v) is 4.76. The predicted octanol–water partition coefficient (Wildman–Crippen LogP) is 4.45. The van der Waals surface area contributed by atoms with Gasteiger partial charge in [0, 0.05) is 12.3 Å². The SMILES string of the molecule is CCC(=O)O[C@@H]1CCCC[C@H]1c1ccc(OCC2CC2)cc1. The van der Waals surface area contributed by atoms with Gasteiger partial charge in [-0.1, -0.05) is 25.5 Å². The molecular formula is C19H26O3. The van der Waals surface area contributed by atoms with Gasteiger partial charge in [0.1, 0.15) is 11.9 Å². The summed E-state index contributed by atoms with van der Waals surface area (Å²) in [4.78, 5) is 11.6. The molecule has 1 aromatic carbocycles. The summed E-state index contributed by atoms with van der Waals surface area (Å²) in [5, 5.41) is 0. The molecular weight excluding hydrogens is 276 g/mol. The van der Waals surface area contributed by atoms with Crippen molar-refractivity contribution in [3.8, 4) is 5.75 Å². The third kappa shape index (κ3) is 4.02. The standard InChI is InChI=1S/C19H26O3/c1-2-19(20)22-18-6-4-3-5-17(18)15-9-11-16(12-10-15)21-13-14-7-8-14/h9-12,14,17-18H,2-8,13H2,1H3/t17-,18+/m0/s1. The largest absolute Gasteiger partial charge is 0.493 e. The van der Waals surface area contributed by atoms with E-state index in [1.165, 1.54) is 24.8 Å². The van der Waals surface area contributed by atoms with Crippen molar-refractivity contribution in [2.75, 3.05) is 6.61 Å². The van der Waals surface area contributed by atoms with Crippen LogP contribution in [0.5, 0.6) is 5.75 Å². The van der Waals surface area contributed by atoms with E-state index in [2.05, 4.69) is 24.3 Å². The van der Waals surface area contributed by atoms with Crippen LogP contribution in [0.4, 0.5) is 0 Å². The van der Waals surface area contributed by atoms with Crippen molar-refractivity contribution in [1.29, 1.82) is 0 Å². The molecule has 2 aliphatic carbocycles. The summed E-state index contributed by atoms with van der Waals surface area (Å²) in [5.74, 6) is 1.98. The molecule has 2 atom stereocenters. The van der Waals surface area contributed by atoms with Crippen molar-refractivity contribution in [1.82, 2.24) is 0 Å². The smallest absolute Gasteiger partial charge is 0.305 e. The van der Waals surface area contributed by atoms with E-state index in [9.17, 15) is 4.79 Å². The molecule has 3 nitrogen and oxygen atoms in total. The summed E-state index contributed by atoms with van der Waals surface area (Å²) >= 11 is 0. The number of hydrogen-bond acceptors (Lipinski definition) is 3. The summed E-state index contributed by atoms with van der Waals surface area (Å²) in [6, 6.07) is 8.41. The number of hydrogen-bond donors (Lipinski definition) is 0. The zero-order chi connectivity index (χ0) is 15.4. The molecule has 3 heteroatoms. The van der Waals surface area contributed by atoms with Crippen LogP contribution < -0.4 is 4.74 Å². The molecule has 0 spiro atoms. The van der Waals surface area contributed by atoms with Gasteiger partial charge in [-0.25, -0.2) is 0 Å². The van der Waals surface area contributed by atoms with E-state index in [0.29, 0.717) is 12.3 Å². The van der Waals surface area contributed by atoms with Gasteiger partial charge in [-0.3, -0.25) is 4.79 Å². The van der Waals surface area contributed by atoms with Gasteiger partial charge in [-0.2, -0.15) is 0 Å². The Balaban J connectivity index is 1.62. The molecule has 0 aliphatic heterocycles. The van der Waals surface area contributed by atoms with Crippen LogP contribution in [0.15, 0.2) is 24.3 Å². The summed E-state index contributed by atoms with van der Waals surface area (Å²) in [6.07, 6.45) is 7.57. The molecule has 2 saturated carbocycles. The Hall–Kier alpha value is -1.51. The predicted molar refractivity (Wildman–Crippen MR) is 86.0 cm³/mol. The minimum atomic E-state index is -0.0821. The lowest BCUT2D eigenvalue weighted by Gasteiger charge is -2.31. The highest BCUT2D eigenvalue weighted by atomic mass is 16.5. The molecule has 0 radical (unpaired) electrons. The van der Waals surface area contributed by atoms with Gasteiger partial charge in [-0.05, 0) is 55.7 Å². The Bertz CT molecular complexity index is 490. The Morgan fingerprint density at radius 3 is 2.50 bits per heavy atom. The molecule has 120 valence electrons. The number of benzene rings is 1. The summed E-state index contributed by atoms with van der Waals surface area (Å²) < 4.78 is 11.5. The van der Waals surface area contributed by atoms with Crippen LogP contribution in [-0.2, 0) is 9.53 Å². The molecule has 0 unspecified atom stereocenters. The monoisotopic (exact) mass is 302 g/mol. The Labute approximate surface area is 133 Å². The second kappa shape index (κ2) is 7.17. The lowest BCUT2D eigenvalue weighted by molar-refractivity contribution is -0.151. The number of rotatable bonds is 6. The second-order valence-electron chi connectivity index (χ2n) is 6.60. The maximum atomic E-state index is 11.6. The fraction of sp³-hybridized carbons (Fsp3) is 0.632. The van der Waals surface area contributed by atoms with E-state index >= 15 is 0 Å². The number of esters is 1. The van der Waals surface area contributed by atoms with Crippen LogP contribution in [0.3, 0.4) is 0 Å². The molecule has 3 rings (SSSR count). The maximum absolute atomic E-state index is 11.6. The lowest BCUT2D eigenvalue weighted by Crippen LogP contribution is -2.28. The minimum Gasteiger partial charge on any atom is -0.493 e. The highest BCUT2D eigenvalue weighted by molar-refractivity contribution is 5.69. The van der Waals surface area contributed by atoms with E-state index in [0.717, 1.165) is 37.5 Å². The number of carbonyl (C=O) groups excluding carboxylic acids is 1. The van der Waals surface area contributed by atoms with Gasteiger partial charge in [0.2, 0.25) is 0 Å². The molecule has 0 amide bonds. The average molecular weight is 302 g/mol. The van der Waals surface area contributed by atoms with Gasteiger partial charge >= 0.3 is 5.97 Å². The highest BCUT2D eigenvalue weighted by Crippen LogP contribution is 2.36. The van der Waals surface area contributed by atoms with Crippen LogP contribution in [0.1, 0.15) is 63.4 Å². The first-order valence-corrected chi connectivity index (χ1v) is 8.68. The maximum Gasteiger partial charge on any atom is 0.305 e. The van der Waals surface area contributed by atoms with E-state index in [-0.39, 0.29) is 12.1 Å². The molecule has 0 N–H and O–H groups in total. The van der Waals surface area contributed by atoms with Gasteiger partial charge < -0.3 is 9.47 Å². The summed E-state index contributed by atoms with van der Waals surface area (Å²) in [5.41, 5.74) is 1.27. The van der Waals surface area contributed by atoms with Crippen molar-refractivity contribution >= 4 is 5.97 Å². The van der Waals surface area contributed by atoms with E-state index < -0.39 is 0 Å². The van der Waals surface area contributed by atoms with Crippen molar-refractivity contribution in [2.45, 2.75) is 63.9 Å². The van der Waals surface area contributed by atoms with Crippen molar-refractivity contribution < 1.29 is 14.3 Å². The molecule has 22 heavy (non-hydrogen) atoms. The van der Waals surface area contributed by atoms with Crippen molar-refractivity contribution in [3.05, 3.63) is 29.8 Å². The minimum absolute atomic E-state index is 0.0411. The first-order chi connectivity index (χ1) is 10.8. The van der Waals surface area contributed by atoms with Crippen LogP contribution in [0.25, 0.3) is 0 Å². The molecule has 0 saturated heterocycles. The van der Waals surface area contributed by atoms with Gasteiger partial charge in [0.15, 0.2) is 0 Å². The Morgan fingerprint density at radius 2 is 1.82 bits per heavy atom. The number of ether oxygens (including phenoxy) is 2. The van der Waals surface area contributed by atoms with E-state index in [1.54, 1.807) is 0 Å². The zero-order valence-electron chi connectivity index (χ0n) is 13.4. The van der Waals surface area contributed by atoms with Crippen LogP contribution in [0.2, 0.25) is 0 Å². The first kappa shape index (κ1) is 15.4. The average Bonchev–Trinajstić information content (AvgIpc) is 3.38. The van der Waals surface area contributed by atoms with Gasteiger partial charge in [0.25, 0.3) is 0 Å². The first-order valence-electron chi connectivity index (χ1n) is 8.68. The summed E-state index contributed by atoms with van der Waals surface area (Å²) in [6.45, 7) is 2.70. The normalized spacial score (nSPS) is 24.8. The molecule has 2 aliphatic rings. The summed E-state index contributed by atoms with van der Waals surface area (Å²) in [7, 11) is 0. The van der Waals surface area contributed by atoms with E-state index in [1.807, 2.05) is 6.92 Å². The molecule has 0 heterocycles. The molecule has 2 fully saturated rings. The lowest BCUT2D eigenvalue weighted by atomic mass is 9.81. The van der Waals surface area contributed by atoms with Crippen LogP contribution in [0, 0.1) is 5.92 Å². The van der Waals surface area contributed by atoms with Crippen LogP contribution >= 0.6 is 0 Å². The molecule has 0 bridgehead atoms. The van der Waals surface area contributed by atoms with Crippen molar-refractivity contribution in [3.63, 3.8) is 0 Å². The fourth-order valence-corrected chi connectivity index (χ4v) is 3.18. The van der Waals surface area contributed by atoms with Crippen LogP contribution in [-0.4, -0.2) is 18.7 Å². The topological polar surface area (TPSA) is 35.5 Å². The van der Waals surface area contributed by atoms with E-state index in [4.69, 9.17) is 9.47 Å². The highest BCUT2D eigenvalue weighted by Gasteiger charge is 2.29. The fourth-order valence-electron chi connectivity index (χ4n) is 3.18.